The van der Waals surface area contributed by atoms with Crippen LogP contribution in [0.4, 0.5) is 4.39 Å². The first-order chi connectivity index (χ1) is 14.3. The molecule has 0 saturated carbocycles. The highest BCUT2D eigenvalue weighted by molar-refractivity contribution is 6.40. The highest BCUT2D eigenvalue weighted by Crippen LogP contribution is 2.35. The minimum atomic E-state index is -0.577. The lowest BCUT2D eigenvalue weighted by Gasteiger charge is -2.23. The lowest BCUT2D eigenvalue weighted by atomic mass is 10.1. The SMILES string of the molecule is Cc1ccc(CN(CCOc2c(Cl)cc(Cl)cc2Cl)C(=O)c2cncc(F)c2)cc1. The van der Waals surface area contributed by atoms with E-state index in [9.17, 15) is 9.18 Å². The summed E-state index contributed by atoms with van der Waals surface area (Å²) in [6.07, 6.45) is 2.38. The highest BCUT2D eigenvalue weighted by atomic mass is 35.5. The van der Waals surface area contributed by atoms with E-state index in [1.807, 2.05) is 31.2 Å². The molecule has 0 N–H and O–H groups in total. The predicted molar refractivity (Wildman–Crippen MR) is 117 cm³/mol. The van der Waals surface area contributed by atoms with Crippen molar-refractivity contribution in [2.24, 2.45) is 0 Å². The smallest absolute Gasteiger partial charge is 0.255 e. The van der Waals surface area contributed by atoms with Crippen molar-refractivity contribution < 1.29 is 13.9 Å². The third kappa shape index (κ3) is 5.85. The number of hydrogen-bond donors (Lipinski definition) is 0. The van der Waals surface area contributed by atoms with Gasteiger partial charge >= 0.3 is 0 Å². The summed E-state index contributed by atoms with van der Waals surface area (Å²) < 4.78 is 19.3. The zero-order chi connectivity index (χ0) is 21.7. The Morgan fingerprint density at radius 3 is 2.37 bits per heavy atom. The molecule has 1 heterocycles. The fraction of sp³-hybridized carbons (Fsp3) is 0.182. The standard InChI is InChI=1S/C22H18Cl3FN2O2/c1-14-2-4-15(5-3-14)13-28(22(29)16-8-18(26)12-27-11-16)6-7-30-21-19(24)9-17(23)10-20(21)25/h2-5,8-12H,6-7,13H2,1H3. The van der Waals surface area contributed by atoms with Crippen LogP contribution in [-0.2, 0) is 6.54 Å². The number of nitrogens with zero attached hydrogens (tertiary/aromatic N) is 2. The quantitative estimate of drug-likeness (QED) is 0.415. The Balaban J connectivity index is 1.77. The minimum Gasteiger partial charge on any atom is -0.489 e. The van der Waals surface area contributed by atoms with Gasteiger partial charge in [0.25, 0.3) is 5.91 Å². The van der Waals surface area contributed by atoms with E-state index in [0.717, 1.165) is 23.4 Å². The van der Waals surface area contributed by atoms with Crippen LogP contribution in [-0.4, -0.2) is 28.9 Å². The van der Waals surface area contributed by atoms with Crippen molar-refractivity contribution in [1.82, 2.24) is 9.88 Å². The van der Waals surface area contributed by atoms with Gasteiger partial charge in [-0.25, -0.2) is 4.39 Å². The number of hydrogen-bond acceptors (Lipinski definition) is 3. The molecule has 0 unspecified atom stereocenters. The van der Waals surface area contributed by atoms with Crippen LogP contribution in [0.25, 0.3) is 0 Å². The molecule has 2 aromatic carbocycles. The fourth-order valence-corrected chi connectivity index (χ4v) is 3.73. The molecule has 0 spiro atoms. The molecular formula is C22H18Cl3FN2O2. The Bertz CT molecular complexity index is 1020. The molecule has 0 aliphatic heterocycles. The van der Waals surface area contributed by atoms with E-state index in [-0.39, 0.29) is 40.4 Å². The minimum absolute atomic E-state index is 0.126. The first-order valence-electron chi connectivity index (χ1n) is 9.06. The molecule has 30 heavy (non-hydrogen) atoms. The molecule has 0 saturated heterocycles. The zero-order valence-electron chi connectivity index (χ0n) is 16.0. The maximum Gasteiger partial charge on any atom is 0.255 e. The van der Waals surface area contributed by atoms with Crippen molar-refractivity contribution in [2.45, 2.75) is 13.5 Å². The second-order valence-corrected chi connectivity index (χ2v) is 7.90. The van der Waals surface area contributed by atoms with Crippen LogP contribution >= 0.6 is 34.8 Å². The number of carbonyl (C=O) groups is 1. The molecular weight excluding hydrogens is 450 g/mol. The Morgan fingerprint density at radius 2 is 1.73 bits per heavy atom. The largest absolute Gasteiger partial charge is 0.489 e. The average Bonchev–Trinajstić information content (AvgIpc) is 2.70. The van der Waals surface area contributed by atoms with E-state index in [4.69, 9.17) is 39.5 Å². The van der Waals surface area contributed by atoms with Gasteiger partial charge in [-0.2, -0.15) is 0 Å². The van der Waals surface area contributed by atoms with Crippen LogP contribution in [0.5, 0.6) is 5.75 Å². The van der Waals surface area contributed by atoms with Gasteiger partial charge in [-0.05, 0) is 30.7 Å². The van der Waals surface area contributed by atoms with Crippen LogP contribution in [0.1, 0.15) is 21.5 Å². The summed E-state index contributed by atoms with van der Waals surface area (Å²) in [5.74, 6) is -0.649. The first kappa shape index (κ1) is 22.3. The van der Waals surface area contributed by atoms with Gasteiger partial charge in [0, 0.05) is 17.8 Å². The summed E-state index contributed by atoms with van der Waals surface area (Å²) in [4.78, 5) is 18.3. The summed E-state index contributed by atoms with van der Waals surface area (Å²) in [5, 5.41) is 0.948. The van der Waals surface area contributed by atoms with Crippen molar-refractivity contribution in [3.63, 3.8) is 0 Å². The molecule has 0 aliphatic carbocycles. The number of halogens is 4. The number of benzene rings is 2. The van der Waals surface area contributed by atoms with E-state index >= 15 is 0 Å². The number of ether oxygens (including phenoxy) is 1. The average molecular weight is 468 g/mol. The van der Waals surface area contributed by atoms with Gasteiger partial charge in [-0.3, -0.25) is 9.78 Å². The van der Waals surface area contributed by atoms with E-state index in [2.05, 4.69) is 4.98 Å². The van der Waals surface area contributed by atoms with Crippen LogP contribution in [0.2, 0.25) is 15.1 Å². The molecule has 0 radical (unpaired) electrons. The van der Waals surface area contributed by atoms with E-state index in [1.165, 1.54) is 18.3 Å². The van der Waals surface area contributed by atoms with Crippen molar-refractivity contribution in [2.75, 3.05) is 13.2 Å². The molecule has 1 aromatic heterocycles. The molecule has 0 fully saturated rings. The van der Waals surface area contributed by atoms with E-state index in [1.54, 1.807) is 4.90 Å². The maximum absolute atomic E-state index is 13.6. The number of pyridine rings is 1. The summed E-state index contributed by atoms with van der Waals surface area (Å²) in [5.41, 5.74) is 2.20. The van der Waals surface area contributed by atoms with Gasteiger partial charge in [0.15, 0.2) is 5.75 Å². The van der Waals surface area contributed by atoms with Gasteiger partial charge < -0.3 is 9.64 Å². The molecule has 156 valence electrons. The second kappa shape index (κ2) is 10.1. The number of rotatable bonds is 7. The third-order valence-electron chi connectivity index (χ3n) is 4.30. The molecule has 0 atom stereocenters. The van der Waals surface area contributed by atoms with Crippen LogP contribution in [0.3, 0.4) is 0 Å². The Hall–Kier alpha value is -2.34. The highest BCUT2D eigenvalue weighted by Gasteiger charge is 2.18. The maximum atomic E-state index is 13.6. The normalized spacial score (nSPS) is 10.7. The van der Waals surface area contributed by atoms with Gasteiger partial charge in [-0.15, -0.1) is 0 Å². The molecule has 8 heteroatoms. The summed E-state index contributed by atoms with van der Waals surface area (Å²) in [7, 11) is 0. The fourth-order valence-electron chi connectivity index (χ4n) is 2.80. The number of amides is 1. The molecule has 4 nitrogen and oxygen atoms in total. The Labute approximate surface area is 189 Å². The topological polar surface area (TPSA) is 42.4 Å². The monoisotopic (exact) mass is 466 g/mol. The van der Waals surface area contributed by atoms with Gasteiger partial charge in [0.1, 0.15) is 12.4 Å². The van der Waals surface area contributed by atoms with Crippen molar-refractivity contribution in [3.05, 3.63) is 92.4 Å². The predicted octanol–water partition coefficient (Wildman–Crippen LogP) is 6.21. The second-order valence-electron chi connectivity index (χ2n) is 6.65. The lowest BCUT2D eigenvalue weighted by molar-refractivity contribution is 0.0715. The first-order valence-corrected chi connectivity index (χ1v) is 10.2. The number of carbonyl (C=O) groups excluding carboxylic acids is 1. The van der Waals surface area contributed by atoms with Gasteiger partial charge in [0.2, 0.25) is 0 Å². The molecule has 0 bridgehead atoms. The van der Waals surface area contributed by atoms with Crippen molar-refractivity contribution in [3.8, 4) is 5.75 Å². The molecule has 3 aromatic rings. The molecule has 3 rings (SSSR count). The van der Waals surface area contributed by atoms with Crippen LogP contribution in [0.15, 0.2) is 54.9 Å². The lowest BCUT2D eigenvalue weighted by Crippen LogP contribution is -2.34. The summed E-state index contributed by atoms with van der Waals surface area (Å²) in [6, 6.07) is 12.0. The summed E-state index contributed by atoms with van der Waals surface area (Å²) in [6.45, 7) is 2.65. The van der Waals surface area contributed by atoms with Gasteiger partial charge in [0.05, 0.1) is 28.4 Å². The van der Waals surface area contributed by atoms with Crippen molar-refractivity contribution >= 4 is 40.7 Å². The summed E-state index contributed by atoms with van der Waals surface area (Å²) >= 11 is 18.2. The van der Waals surface area contributed by atoms with E-state index in [0.29, 0.717) is 11.6 Å². The van der Waals surface area contributed by atoms with Crippen molar-refractivity contribution in [1.29, 1.82) is 0 Å². The number of aryl methyl sites for hydroxylation is 1. The zero-order valence-corrected chi connectivity index (χ0v) is 18.3. The third-order valence-corrected chi connectivity index (χ3v) is 5.08. The molecule has 0 aliphatic rings. The van der Waals surface area contributed by atoms with Gasteiger partial charge in [-0.1, -0.05) is 64.6 Å². The number of aromatic nitrogens is 1. The van der Waals surface area contributed by atoms with Crippen LogP contribution in [0, 0.1) is 12.7 Å². The Kier molecular flexibility index (Phi) is 7.53. The molecule has 1 amide bonds. The van der Waals surface area contributed by atoms with E-state index < -0.39 is 5.82 Å². The Morgan fingerprint density at radius 1 is 1.07 bits per heavy atom. The van der Waals surface area contributed by atoms with Crippen LogP contribution < -0.4 is 4.74 Å².